The Morgan fingerprint density at radius 1 is 1.06 bits per heavy atom. The zero-order chi connectivity index (χ0) is 21.3. The Morgan fingerprint density at radius 2 is 1.90 bits per heavy atom. The van der Waals surface area contributed by atoms with Gasteiger partial charge in [-0.05, 0) is 37.0 Å². The number of ether oxygens (including phenoxy) is 3. The largest absolute Gasteiger partial charge is 0.493 e. The van der Waals surface area contributed by atoms with Crippen LogP contribution in [-0.2, 0) is 17.8 Å². The first-order valence-electron chi connectivity index (χ1n) is 10.6. The summed E-state index contributed by atoms with van der Waals surface area (Å²) in [4.78, 5) is 6.66. The summed E-state index contributed by atoms with van der Waals surface area (Å²) < 4.78 is 18.7. The van der Waals surface area contributed by atoms with Gasteiger partial charge < -0.3 is 19.1 Å². The summed E-state index contributed by atoms with van der Waals surface area (Å²) in [7, 11) is 3.27. The molecule has 1 saturated heterocycles. The van der Waals surface area contributed by atoms with Gasteiger partial charge in [-0.25, -0.2) is 4.98 Å². The van der Waals surface area contributed by atoms with Gasteiger partial charge in [-0.15, -0.1) is 10.2 Å². The van der Waals surface area contributed by atoms with Gasteiger partial charge >= 0.3 is 0 Å². The molecule has 162 valence electrons. The number of anilines is 1. The lowest BCUT2D eigenvalue weighted by Gasteiger charge is -2.44. The van der Waals surface area contributed by atoms with Gasteiger partial charge in [0.1, 0.15) is 12.4 Å². The van der Waals surface area contributed by atoms with Crippen LogP contribution in [0.15, 0.2) is 42.6 Å². The summed E-state index contributed by atoms with van der Waals surface area (Å²) in [5.74, 6) is 3.18. The van der Waals surface area contributed by atoms with Gasteiger partial charge in [0.25, 0.3) is 0 Å². The van der Waals surface area contributed by atoms with E-state index in [-0.39, 0.29) is 5.41 Å². The van der Waals surface area contributed by atoms with Gasteiger partial charge in [0.15, 0.2) is 5.82 Å². The van der Waals surface area contributed by atoms with Crippen LogP contribution in [0.5, 0.6) is 11.6 Å². The van der Waals surface area contributed by atoms with Gasteiger partial charge in [-0.1, -0.05) is 18.2 Å². The molecule has 3 aromatic rings. The van der Waals surface area contributed by atoms with Crippen molar-refractivity contribution in [3.05, 3.63) is 54.0 Å². The van der Waals surface area contributed by atoms with E-state index in [0.717, 1.165) is 62.2 Å². The molecule has 1 aromatic carbocycles. The quantitative estimate of drug-likeness (QED) is 0.627. The Kier molecular flexibility index (Phi) is 5.23. The van der Waals surface area contributed by atoms with E-state index in [1.165, 1.54) is 5.56 Å². The monoisotopic (exact) mass is 421 g/mol. The van der Waals surface area contributed by atoms with Gasteiger partial charge in [0, 0.05) is 31.7 Å². The summed E-state index contributed by atoms with van der Waals surface area (Å²) in [6, 6.07) is 12.2. The molecule has 5 rings (SSSR count). The number of hydrogen-bond donors (Lipinski definition) is 0. The van der Waals surface area contributed by atoms with Crippen LogP contribution in [0.4, 0.5) is 5.95 Å². The van der Waals surface area contributed by atoms with E-state index in [0.29, 0.717) is 12.5 Å². The van der Waals surface area contributed by atoms with Crippen LogP contribution in [0.2, 0.25) is 0 Å². The minimum atomic E-state index is 0.187. The minimum absolute atomic E-state index is 0.187. The lowest BCUT2D eigenvalue weighted by atomic mass is 9.73. The van der Waals surface area contributed by atoms with Crippen LogP contribution >= 0.6 is 0 Å². The number of rotatable bonds is 5. The van der Waals surface area contributed by atoms with Crippen LogP contribution in [0.25, 0.3) is 5.69 Å². The van der Waals surface area contributed by atoms with E-state index < -0.39 is 0 Å². The number of fused-ring (bicyclic) bond motifs is 1. The lowest BCUT2D eigenvalue weighted by Crippen LogP contribution is -2.46. The standard InChI is InChI=1S/C23H27N5O3/c1-29-15-20-25-26-22(28(20)18-7-8-21(30-2)24-14-18)27-11-9-23(10-12-27)13-17-5-3-4-6-19(17)31-16-23/h3-8,14H,9-13,15-16H2,1-2H3. The molecule has 2 aliphatic rings. The normalized spacial score (nSPS) is 17.3. The van der Waals surface area contributed by atoms with E-state index in [1.807, 2.05) is 22.8 Å². The van der Waals surface area contributed by atoms with Gasteiger partial charge in [-0.3, -0.25) is 4.57 Å². The average Bonchev–Trinajstić information content (AvgIpc) is 3.23. The Balaban J connectivity index is 1.38. The summed E-state index contributed by atoms with van der Waals surface area (Å²) in [5, 5.41) is 8.91. The molecule has 0 radical (unpaired) electrons. The molecular weight excluding hydrogens is 394 g/mol. The highest BCUT2D eigenvalue weighted by atomic mass is 16.5. The van der Waals surface area contributed by atoms with Crippen molar-refractivity contribution in [3.8, 4) is 17.3 Å². The van der Waals surface area contributed by atoms with Crippen LogP contribution < -0.4 is 14.4 Å². The molecule has 0 N–H and O–H groups in total. The molecule has 0 unspecified atom stereocenters. The smallest absolute Gasteiger partial charge is 0.232 e. The van der Waals surface area contributed by atoms with Gasteiger partial charge in [-0.2, -0.15) is 0 Å². The van der Waals surface area contributed by atoms with E-state index in [9.17, 15) is 0 Å². The molecule has 1 spiro atoms. The second-order valence-electron chi connectivity index (χ2n) is 8.30. The highest BCUT2D eigenvalue weighted by Crippen LogP contribution is 2.42. The third-order valence-corrected chi connectivity index (χ3v) is 6.35. The molecule has 31 heavy (non-hydrogen) atoms. The fourth-order valence-electron chi connectivity index (χ4n) is 4.60. The third-order valence-electron chi connectivity index (χ3n) is 6.35. The molecular formula is C23H27N5O3. The summed E-state index contributed by atoms with van der Waals surface area (Å²) in [6.07, 6.45) is 4.95. The van der Waals surface area contributed by atoms with Crippen LogP contribution in [-0.4, -0.2) is 53.7 Å². The van der Waals surface area contributed by atoms with E-state index in [4.69, 9.17) is 14.2 Å². The highest BCUT2D eigenvalue weighted by Gasteiger charge is 2.40. The van der Waals surface area contributed by atoms with Crippen LogP contribution in [0.3, 0.4) is 0 Å². The Morgan fingerprint density at radius 3 is 2.65 bits per heavy atom. The molecule has 8 heteroatoms. The topological polar surface area (TPSA) is 74.5 Å². The highest BCUT2D eigenvalue weighted by molar-refractivity contribution is 5.45. The SMILES string of the molecule is COCc1nnc(N2CCC3(CC2)COc2ccccc2C3)n1-c1ccc(OC)nc1. The maximum absolute atomic E-state index is 6.12. The molecule has 0 aliphatic carbocycles. The van der Waals surface area contributed by atoms with Crippen molar-refractivity contribution >= 4 is 5.95 Å². The number of methoxy groups -OCH3 is 2. The molecule has 2 aliphatic heterocycles. The van der Waals surface area contributed by atoms with Crippen LogP contribution in [0.1, 0.15) is 24.2 Å². The second-order valence-corrected chi connectivity index (χ2v) is 8.30. The number of benzene rings is 1. The molecule has 4 heterocycles. The fourth-order valence-corrected chi connectivity index (χ4v) is 4.60. The zero-order valence-electron chi connectivity index (χ0n) is 18.0. The molecule has 0 bridgehead atoms. The Labute approximate surface area is 181 Å². The number of hydrogen-bond acceptors (Lipinski definition) is 7. The molecule has 0 atom stereocenters. The lowest BCUT2D eigenvalue weighted by molar-refractivity contribution is 0.0914. The fraction of sp³-hybridized carbons (Fsp3) is 0.435. The second kappa shape index (κ2) is 8.19. The number of piperidine rings is 1. The van der Waals surface area contributed by atoms with E-state index in [2.05, 4.69) is 38.3 Å². The Hall–Kier alpha value is -3.13. The summed E-state index contributed by atoms with van der Waals surface area (Å²) in [5.41, 5.74) is 2.40. The number of pyridine rings is 1. The van der Waals surface area contributed by atoms with Crippen molar-refractivity contribution < 1.29 is 14.2 Å². The van der Waals surface area contributed by atoms with Gasteiger partial charge in [0.05, 0.1) is 25.6 Å². The van der Waals surface area contributed by atoms with Crippen LogP contribution in [0, 0.1) is 5.41 Å². The number of aromatic nitrogens is 4. The molecule has 8 nitrogen and oxygen atoms in total. The molecule has 1 fully saturated rings. The van der Waals surface area contributed by atoms with Crippen molar-refractivity contribution in [3.63, 3.8) is 0 Å². The molecule has 2 aromatic heterocycles. The summed E-state index contributed by atoms with van der Waals surface area (Å²) in [6.45, 7) is 2.96. The summed E-state index contributed by atoms with van der Waals surface area (Å²) >= 11 is 0. The first-order valence-corrected chi connectivity index (χ1v) is 10.6. The number of nitrogens with zero attached hydrogens (tertiary/aromatic N) is 5. The predicted molar refractivity (Wildman–Crippen MR) is 116 cm³/mol. The maximum Gasteiger partial charge on any atom is 0.232 e. The molecule has 0 saturated carbocycles. The average molecular weight is 422 g/mol. The van der Waals surface area contributed by atoms with Crippen molar-refractivity contribution in [1.82, 2.24) is 19.7 Å². The minimum Gasteiger partial charge on any atom is -0.493 e. The predicted octanol–water partition coefficient (Wildman–Crippen LogP) is 3.04. The van der Waals surface area contributed by atoms with E-state index >= 15 is 0 Å². The Bertz CT molecular complexity index is 1040. The first kappa shape index (κ1) is 19.8. The van der Waals surface area contributed by atoms with E-state index in [1.54, 1.807) is 20.4 Å². The number of para-hydroxylation sites is 1. The third kappa shape index (κ3) is 3.72. The van der Waals surface area contributed by atoms with Crippen molar-refractivity contribution in [2.75, 3.05) is 38.8 Å². The molecule has 0 amide bonds. The zero-order valence-corrected chi connectivity index (χ0v) is 18.0. The van der Waals surface area contributed by atoms with Crippen molar-refractivity contribution in [2.45, 2.75) is 25.9 Å². The van der Waals surface area contributed by atoms with Crippen molar-refractivity contribution in [2.24, 2.45) is 5.41 Å². The first-order chi connectivity index (χ1) is 15.2. The maximum atomic E-state index is 6.12. The van der Waals surface area contributed by atoms with Crippen molar-refractivity contribution in [1.29, 1.82) is 0 Å². The van der Waals surface area contributed by atoms with Gasteiger partial charge in [0.2, 0.25) is 11.8 Å².